The molecule has 0 radical (unpaired) electrons. The van der Waals surface area contributed by atoms with Crippen LogP contribution in [0.3, 0.4) is 0 Å². The number of hydrazone groups is 1. The summed E-state index contributed by atoms with van der Waals surface area (Å²) in [6.45, 7) is -0.253. The number of esters is 1. The Hall–Kier alpha value is -5.18. The minimum atomic E-state index is -0.661. The highest BCUT2D eigenvalue weighted by molar-refractivity contribution is 5.91. The fraction of sp³-hybridized carbons (Fsp3) is 0.103. The number of nitrogens with zero attached hydrogens (tertiary/aromatic N) is 1. The van der Waals surface area contributed by atoms with Crippen molar-refractivity contribution in [2.24, 2.45) is 5.10 Å². The van der Waals surface area contributed by atoms with Gasteiger partial charge < -0.3 is 19.2 Å². The number of carbonyl (C=O) groups excluding carboxylic acids is 3. The third-order valence-electron chi connectivity index (χ3n) is 5.47. The second-order valence-corrected chi connectivity index (χ2v) is 8.04. The minimum absolute atomic E-state index is 0.0614. The van der Waals surface area contributed by atoms with Crippen LogP contribution in [0, 0.1) is 0 Å². The molecule has 0 saturated heterocycles. The lowest BCUT2D eigenvalue weighted by atomic mass is 9.90. The molecule has 1 heterocycles. The molecule has 0 aliphatic carbocycles. The van der Waals surface area contributed by atoms with Gasteiger partial charge in [-0.3, -0.25) is 9.59 Å². The van der Waals surface area contributed by atoms with Crippen LogP contribution in [0.15, 0.2) is 107 Å². The highest BCUT2D eigenvalue weighted by atomic mass is 16.6. The van der Waals surface area contributed by atoms with Crippen molar-refractivity contribution in [1.82, 2.24) is 10.7 Å². The van der Waals surface area contributed by atoms with Crippen LogP contribution in [0.4, 0.5) is 0 Å². The van der Waals surface area contributed by atoms with Crippen molar-refractivity contribution in [2.45, 2.75) is 5.92 Å². The molecule has 0 aliphatic heterocycles. The summed E-state index contributed by atoms with van der Waals surface area (Å²) in [5, 5.41) is 6.62. The predicted molar refractivity (Wildman–Crippen MR) is 140 cm³/mol. The van der Waals surface area contributed by atoms with Crippen LogP contribution < -0.4 is 20.2 Å². The first-order valence-corrected chi connectivity index (χ1v) is 11.7. The molecular formula is C29H25N3O6. The number of benzene rings is 3. The standard InChI is InChI=1S/C29H25N3O6/c1-36-25-17-20(14-15-23(25)38-29(35)24-13-8-16-37-24)18-31-32-26(33)19-30-28(34)27(21-9-4-2-5-10-21)22-11-6-3-7-12-22/h2-18,27H,19H2,1H3,(H,30,34)(H,32,33). The zero-order valence-corrected chi connectivity index (χ0v) is 20.5. The molecule has 0 fully saturated rings. The van der Waals surface area contributed by atoms with Crippen LogP contribution >= 0.6 is 0 Å². The molecule has 192 valence electrons. The zero-order valence-electron chi connectivity index (χ0n) is 20.5. The van der Waals surface area contributed by atoms with Gasteiger partial charge in [0.15, 0.2) is 11.5 Å². The molecule has 0 bridgehead atoms. The first-order valence-electron chi connectivity index (χ1n) is 11.7. The summed E-state index contributed by atoms with van der Waals surface area (Å²) < 4.78 is 15.6. The van der Waals surface area contributed by atoms with Gasteiger partial charge in [-0.15, -0.1) is 0 Å². The molecule has 0 atom stereocenters. The number of hydrogen-bond donors (Lipinski definition) is 2. The Bertz CT molecular complexity index is 1360. The van der Waals surface area contributed by atoms with Gasteiger partial charge in [-0.25, -0.2) is 10.2 Å². The van der Waals surface area contributed by atoms with E-state index in [4.69, 9.17) is 13.9 Å². The van der Waals surface area contributed by atoms with Crippen LogP contribution in [0.5, 0.6) is 11.5 Å². The van der Waals surface area contributed by atoms with Crippen molar-refractivity contribution in [1.29, 1.82) is 0 Å². The lowest BCUT2D eigenvalue weighted by Crippen LogP contribution is -2.37. The number of ether oxygens (including phenoxy) is 2. The smallest absolute Gasteiger partial charge is 0.379 e. The maximum absolute atomic E-state index is 13.0. The molecule has 3 aromatic carbocycles. The number of amides is 2. The van der Waals surface area contributed by atoms with E-state index in [-0.39, 0.29) is 24.0 Å². The Labute approximate surface area is 219 Å². The third kappa shape index (κ3) is 6.73. The van der Waals surface area contributed by atoms with E-state index < -0.39 is 17.8 Å². The summed E-state index contributed by atoms with van der Waals surface area (Å²) in [4.78, 5) is 37.4. The van der Waals surface area contributed by atoms with E-state index in [1.54, 1.807) is 18.2 Å². The average molecular weight is 512 g/mol. The molecule has 9 nitrogen and oxygen atoms in total. The van der Waals surface area contributed by atoms with E-state index in [1.165, 1.54) is 31.7 Å². The molecule has 2 amide bonds. The zero-order chi connectivity index (χ0) is 26.7. The van der Waals surface area contributed by atoms with E-state index in [1.807, 2.05) is 60.7 Å². The van der Waals surface area contributed by atoms with Gasteiger partial charge in [-0.05, 0) is 47.0 Å². The van der Waals surface area contributed by atoms with E-state index in [0.29, 0.717) is 11.3 Å². The fourth-order valence-corrected chi connectivity index (χ4v) is 3.67. The molecular weight excluding hydrogens is 486 g/mol. The number of nitrogens with one attached hydrogen (secondary N) is 2. The monoisotopic (exact) mass is 511 g/mol. The molecule has 0 aliphatic rings. The highest BCUT2D eigenvalue weighted by Gasteiger charge is 2.22. The lowest BCUT2D eigenvalue weighted by Gasteiger charge is -2.17. The Balaban J connectivity index is 1.33. The quantitative estimate of drug-likeness (QED) is 0.144. The van der Waals surface area contributed by atoms with Gasteiger partial charge >= 0.3 is 5.97 Å². The Morgan fingerprint density at radius 1 is 0.895 bits per heavy atom. The van der Waals surface area contributed by atoms with Gasteiger partial charge in [-0.2, -0.15) is 5.10 Å². The molecule has 4 aromatic rings. The van der Waals surface area contributed by atoms with Gasteiger partial charge in [-0.1, -0.05) is 60.7 Å². The second kappa shape index (κ2) is 12.7. The van der Waals surface area contributed by atoms with Gasteiger partial charge in [0.1, 0.15) is 0 Å². The van der Waals surface area contributed by atoms with Crippen LogP contribution in [0.2, 0.25) is 0 Å². The van der Waals surface area contributed by atoms with Crippen LogP contribution in [-0.2, 0) is 9.59 Å². The maximum atomic E-state index is 13.0. The molecule has 1 aromatic heterocycles. The summed E-state index contributed by atoms with van der Waals surface area (Å²) >= 11 is 0. The number of methoxy groups -OCH3 is 1. The summed E-state index contributed by atoms with van der Waals surface area (Å²) in [6.07, 6.45) is 2.77. The van der Waals surface area contributed by atoms with Crippen molar-refractivity contribution in [3.63, 3.8) is 0 Å². The minimum Gasteiger partial charge on any atom is -0.493 e. The van der Waals surface area contributed by atoms with E-state index in [0.717, 1.165) is 11.1 Å². The van der Waals surface area contributed by atoms with E-state index in [9.17, 15) is 14.4 Å². The Morgan fingerprint density at radius 2 is 1.58 bits per heavy atom. The van der Waals surface area contributed by atoms with Crippen LogP contribution in [0.25, 0.3) is 0 Å². The topological polar surface area (TPSA) is 119 Å². The van der Waals surface area contributed by atoms with E-state index >= 15 is 0 Å². The van der Waals surface area contributed by atoms with Crippen LogP contribution in [0.1, 0.15) is 33.2 Å². The number of hydrogen-bond acceptors (Lipinski definition) is 7. The normalized spacial score (nSPS) is 10.8. The fourth-order valence-electron chi connectivity index (χ4n) is 3.67. The number of carbonyl (C=O) groups is 3. The first kappa shape index (κ1) is 25.9. The highest BCUT2D eigenvalue weighted by Crippen LogP contribution is 2.28. The molecule has 4 rings (SSSR count). The van der Waals surface area contributed by atoms with Gasteiger partial charge in [0, 0.05) is 0 Å². The molecule has 2 N–H and O–H groups in total. The molecule has 38 heavy (non-hydrogen) atoms. The predicted octanol–water partition coefficient (Wildman–Crippen LogP) is 3.91. The van der Waals surface area contributed by atoms with Crippen molar-refractivity contribution in [3.8, 4) is 11.5 Å². The second-order valence-electron chi connectivity index (χ2n) is 8.04. The van der Waals surface area contributed by atoms with E-state index in [2.05, 4.69) is 15.8 Å². The molecule has 0 unspecified atom stereocenters. The molecule has 0 saturated carbocycles. The third-order valence-corrected chi connectivity index (χ3v) is 5.47. The van der Waals surface area contributed by atoms with Crippen molar-refractivity contribution in [2.75, 3.05) is 13.7 Å². The average Bonchev–Trinajstić information content (AvgIpc) is 3.49. The van der Waals surface area contributed by atoms with Gasteiger partial charge in [0.2, 0.25) is 11.7 Å². The van der Waals surface area contributed by atoms with Crippen molar-refractivity contribution in [3.05, 3.63) is 120 Å². The molecule has 0 spiro atoms. The number of furan rings is 1. The largest absolute Gasteiger partial charge is 0.493 e. The Morgan fingerprint density at radius 3 is 2.18 bits per heavy atom. The summed E-state index contributed by atoms with van der Waals surface area (Å²) in [6, 6.07) is 26.6. The van der Waals surface area contributed by atoms with Gasteiger partial charge in [0.05, 0.1) is 32.1 Å². The first-order chi connectivity index (χ1) is 18.5. The molecule has 9 heteroatoms. The number of rotatable bonds is 10. The van der Waals surface area contributed by atoms with Crippen LogP contribution in [-0.4, -0.2) is 37.7 Å². The maximum Gasteiger partial charge on any atom is 0.379 e. The lowest BCUT2D eigenvalue weighted by molar-refractivity contribution is -0.126. The summed E-state index contributed by atoms with van der Waals surface area (Å²) in [7, 11) is 1.43. The Kier molecular flexibility index (Phi) is 8.64. The SMILES string of the molecule is COc1cc(C=NNC(=O)CNC(=O)C(c2ccccc2)c2ccccc2)ccc1OC(=O)c1ccco1. The van der Waals surface area contributed by atoms with Crippen molar-refractivity contribution < 1.29 is 28.3 Å². The van der Waals surface area contributed by atoms with Crippen molar-refractivity contribution >= 4 is 24.0 Å². The van der Waals surface area contributed by atoms with Gasteiger partial charge in [0.25, 0.3) is 5.91 Å². The summed E-state index contributed by atoms with van der Waals surface area (Å²) in [5.41, 5.74) is 4.61. The summed E-state index contributed by atoms with van der Waals surface area (Å²) in [5.74, 6) is -1.46.